The zero-order valence-corrected chi connectivity index (χ0v) is 20.9. The van der Waals surface area contributed by atoms with Crippen molar-refractivity contribution in [1.82, 2.24) is 19.5 Å². The van der Waals surface area contributed by atoms with E-state index in [0.29, 0.717) is 28.2 Å². The van der Waals surface area contributed by atoms with Gasteiger partial charge < -0.3 is 21.1 Å². The summed E-state index contributed by atoms with van der Waals surface area (Å²) in [5.74, 6) is -0.484. The number of hydrogen-bond donors (Lipinski definition) is 3. The number of aromatic nitrogens is 4. The van der Waals surface area contributed by atoms with E-state index in [-0.39, 0.29) is 37.7 Å². The molecule has 2 aromatic heterocycles. The molecule has 2 amide bonds. The molecule has 0 saturated carbocycles. The van der Waals surface area contributed by atoms with Crippen LogP contribution in [0.3, 0.4) is 0 Å². The van der Waals surface area contributed by atoms with Crippen molar-refractivity contribution < 1.29 is 27.5 Å². The number of benzene rings is 2. The lowest BCUT2D eigenvalue weighted by Crippen LogP contribution is -2.20. The number of alkyl halides is 3. The molecule has 2 heterocycles. The molecule has 4 rings (SSSR count). The lowest BCUT2D eigenvalue weighted by atomic mass is 10.2. The van der Waals surface area contributed by atoms with E-state index in [1.165, 1.54) is 18.7 Å². The van der Waals surface area contributed by atoms with E-state index < -0.39 is 28.8 Å². The third-order valence-corrected chi connectivity index (χ3v) is 5.36. The summed E-state index contributed by atoms with van der Waals surface area (Å²) < 4.78 is 45.8. The van der Waals surface area contributed by atoms with Gasteiger partial charge in [0.25, 0.3) is 0 Å². The maximum absolute atomic E-state index is 13.0. The molecule has 4 aromatic rings. The second-order valence-electron chi connectivity index (χ2n) is 7.61. The van der Waals surface area contributed by atoms with Gasteiger partial charge >= 0.3 is 18.2 Å². The highest BCUT2D eigenvalue weighted by atomic mass is 35.5. The van der Waals surface area contributed by atoms with Crippen LogP contribution in [0.1, 0.15) is 11.3 Å². The normalized spacial score (nSPS) is 11.1. The first-order valence-electron chi connectivity index (χ1n) is 10.7. The number of halogens is 5. The van der Waals surface area contributed by atoms with Crippen molar-refractivity contribution in [3.63, 3.8) is 0 Å². The summed E-state index contributed by atoms with van der Waals surface area (Å²) in [7, 11) is 0. The van der Waals surface area contributed by atoms with E-state index in [1.54, 1.807) is 28.8 Å². The van der Waals surface area contributed by atoms with Gasteiger partial charge in [0.05, 0.1) is 22.7 Å². The third-order valence-electron chi connectivity index (χ3n) is 5.03. The van der Waals surface area contributed by atoms with Crippen LogP contribution in [0.5, 0.6) is 0 Å². The number of ether oxygens (including phenoxy) is 1. The summed E-state index contributed by atoms with van der Waals surface area (Å²) in [4.78, 5) is 36.9. The van der Waals surface area contributed by atoms with Crippen molar-refractivity contribution in [2.24, 2.45) is 5.73 Å². The Labute approximate surface area is 224 Å². The molecule has 0 spiro atoms. The Morgan fingerprint density at radius 2 is 1.71 bits per heavy atom. The van der Waals surface area contributed by atoms with E-state index >= 15 is 0 Å². The lowest BCUT2D eigenvalue weighted by Gasteiger charge is -2.12. The number of urea groups is 1. The van der Waals surface area contributed by atoms with Gasteiger partial charge in [0, 0.05) is 23.6 Å². The number of carbonyl (C=O) groups excluding carboxylic acids is 2. The maximum atomic E-state index is 13.0. The van der Waals surface area contributed by atoms with Gasteiger partial charge in [-0.05, 0) is 42.5 Å². The van der Waals surface area contributed by atoms with Crippen molar-refractivity contribution in [1.29, 1.82) is 0 Å². The molecule has 0 saturated heterocycles. The number of imidazole rings is 1. The van der Waals surface area contributed by atoms with Crippen LogP contribution >= 0.6 is 24.0 Å². The van der Waals surface area contributed by atoms with Gasteiger partial charge in [0.15, 0.2) is 5.65 Å². The fraction of sp³-hybridized carbons (Fsp3) is 0.174. The Bertz CT molecular complexity index is 1450. The van der Waals surface area contributed by atoms with Crippen molar-refractivity contribution in [2.45, 2.75) is 12.6 Å². The molecule has 0 fully saturated rings. The Morgan fingerprint density at radius 3 is 2.39 bits per heavy atom. The molecule has 200 valence electrons. The molecule has 10 nitrogen and oxygen atoms in total. The summed E-state index contributed by atoms with van der Waals surface area (Å²) in [5.41, 5.74) is 6.53. The minimum Gasteiger partial charge on any atom is -0.464 e. The Hall–Kier alpha value is -3.94. The van der Waals surface area contributed by atoms with Crippen LogP contribution in [0.15, 0.2) is 55.1 Å². The van der Waals surface area contributed by atoms with Crippen LogP contribution in [-0.4, -0.2) is 44.7 Å². The zero-order valence-electron chi connectivity index (χ0n) is 19.3. The Kier molecular flexibility index (Phi) is 9.09. The third kappa shape index (κ3) is 6.68. The van der Waals surface area contributed by atoms with Crippen molar-refractivity contribution in [3.05, 3.63) is 71.4 Å². The minimum absolute atomic E-state index is 0. The highest BCUT2D eigenvalue weighted by molar-refractivity contribution is 6.31. The van der Waals surface area contributed by atoms with Crippen molar-refractivity contribution in [3.8, 4) is 5.69 Å². The second kappa shape index (κ2) is 12.1. The van der Waals surface area contributed by atoms with Crippen LogP contribution < -0.4 is 16.4 Å². The van der Waals surface area contributed by atoms with Crippen LogP contribution in [0.4, 0.5) is 29.3 Å². The molecule has 38 heavy (non-hydrogen) atoms. The summed E-state index contributed by atoms with van der Waals surface area (Å²) in [6, 6.07) is 8.88. The number of anilines is 2. The predicted octanol–water partition coefficient (Wildman–Crippen LogP) is 4.60. The van der Waals surface area contributed by atoms with E-state index in [9.17, 15) is 22.8 Å². The Morgan fingerprint density at radius 1 is 1.03 bits per heavy atom. The van der Waals surface area contributed by atoms with Gasteiger partial charge in [-0.3, -0.25) is 9.36 Å². The minimum atomic E-state index is -4.65. The van der Waals surface area contributed by atoms with Gasteiger partial charge in [-0.25, -0.2) is 19.7 Å². The number of amides is 2. The number of carbonyl (C=O) groups is 2. The Balaban J connectivity index is 0.00000400. The molecular weight excluding hydrogens is 550 g/mol. The van der Waals surface area contributed by atoms with Gasteiger partial charge in [-0.1, -0.05) is 11.6 Å². The summed E-state index contributed by atoms with van der Waals surface area (Å²) in [6.07, 6.45) is -1.92. The molecule has 0 aliphatic rings. The standard InChI is InChI=1S/C23H19ClF3N7O3.ClH/c24-17-6-3-14(9-16(17)23(25,26)27)33-22(36)32-13-1-4-15(5-2-13)34-12-31-20-18(29-11-30-21(20)34)10-19(35)37-8-7-28;/h1-6,9,11-12H,7-8,10,28H2,(H2,32,33,36);1H. The van der Waals surface area contributed by atoms with Crippen molar-refractivity contribution >= 4 is 58.5 Å². The zero-order chi connectivity index (χ0) is 26.6. The number of nitrogens with one attached hydrogen (secondary N) is 2. The van der Waals surface area contributed by atoms with E-state index in [4.69, 9.17) is 22.1 Å². The molecule has 4 N–H and O–H groups in total. The molecule has 2 aromatic carbocycles. The van der Waals surface area contributed by atoms with E-state index in [1.807, 2.05) is 0 Å². The van der Waals surface area contributed by atoms with Gasteiger partial charge in [-0.15, -0.1) is 12.4 Å². The highest BCUT2D eigenvalue weighted by Gasteiger charge is 2.33. The molecule has 0 radical (unpaired) electrons. The van der Waals surface area contributed by atoms with Gasteiger partial charge in [-0.2, -0.15) is 13.2 Å². The first-order valence-corrected chi connectivity index (χ1v) is 11.1. The molecule has 0 aliphatic heterocycles. The number of nitrogens with two attached hydrogens (primary N) is 1. The van der Waals surface area contributed by atoms with Crippen molar-refractivity contribution in [2.75, 3.05) is 23.8 Å². The SMILES string of the molecule is Cl.NCCOC(=O)Cc1ncnc2c1ncn2-c1ccc(NC(=O)Nc2ccc(Cl)c(C(F)(F)F)c2)cc1. The number of fused-ring (bicyclic) bond motifs is 1. The smallest absolute Gasteiger partial charge is 0.417 e. The number of esters is 1. The number of nitrogens with zero attached hydrogens (tertiary/aromatic N) is 4. The largest absolute Gasteiger partial charge is 0.464 e. The molecular formula is C23H20Cl2F3N7O3. The number of hydrogen-bond acceptors (Lipinski definition) is 7. The first-order chi connectivity index (χ1) is 17.7. The summed E-state index contributed by atoms with van der Waals surface area (Å²) in [5, 5.41) is 4.42. The highest BCUT2D eigenvalue weighted by Crippen LogP contribution is 2.36. The summed E-state index contributed by atoms with van der Waals surface area (Å²) >= 11 is 5.60. The fourth-order valence-corrected chi connectivity index (χ4v) is 3.61. The fourth-order valence-electron chi connectivity index (χ4n) is 3.38. The van der Waals surface area contributed by atoms with E-state index in [2.05, 4.69) is 25.6 Å². The van der Waals surface area contributed by atoms with Gasteiger partial charge in [0.2, 0.25) is 0 Å². The number of rotatable bonds is 7. The molecule has 0 atom stereocenters. The van der Waals surface area contributed by atoms with Crippen LogP contribution in [0.2, 0.25) is 5.02 Å². The van der Waals surface area contributed by atoms with Crippen LogP contribution in [-0.2, 0) is 22.1 Å². The first kappa shape index (κ1) is 28.6. The topological polar surface area (TPSA) is 137 Å². The average Bonchev–Trinajstić information content (AvgIpc) is 3.29. The summed E-state index contributed by atoms with van der Waals surface area (Å²) in [6.45, 7) is 0.320. The van der Waals surface area contributed by atoms with Crippen LogP contribution in [0.25, 0.3) is 16.9 Å². The molecule has 15 heteroatoms. The quantitative estimate of drug-likeness (QED) is 0.276. The molecule has 0 unspecified atom stereocenters. The predicted molar refractivity (Wildman–Crippen MR) is 137 cm³/mol. The average molecular weight is 570 g/mol. The lowest BCUT2D eigenvalue weighted by molar-refractivity contribution is -0.142. The maximum Gasteiger partial charge on any atom is 0.417 e. The van der Waals surface area contributed by atoms with Crippen LogP contribution in [0, 0.1) is 0 Å². The second-order valence-corrected chi connectivity index (χ2v) is 8.02. The molecule has 0 aliphatic carbocycles. The molecule has 0 bridgehead atoms. The monoisotopic (exact) mass is 569 g/mol. The van der Waals surface area contributed by atoms with Gasteiger partial charge in [0.1, 0.15) is 24.8 Å². The van der Waals surface area contributed by atoms with E-state index in [0.717, 1.165) is 12.1 Å².